The Hall–Kier alpha value is -3.01. The maximum absolute atomic E-state index is 5.98. The van der Waals surface area contributed by atoms with E-state index in [1.807, 2.05) is 48.4 Å². The van der Waals surface area contributed by atoms with Crippen molar-refractivity contribution in [2.45, 2.75) is 6.92 Å². The monoisotopic (exact) mass is 303 g/mol. The molecule has 0 radical (unpaired) electrons. The molecular formula is C19H15N2O2+. The SMILES string of the molecule is Cc1cc2c(cc1-n1ccc[n+]1C)oc1oc3ccccc3c12. The first-order valence-electron chi connectivity index (χ1n) is 7.60. The van der Waals surface area contributed by atoms with Crippen LogP contribution < -0.4 is 4.68 Å². The van der Waals surface area contributed by atoms with Gasteiger partial charge in [-0.2, -0.15) is 0 Å². The van der Waals surface area contributed by atoms with Crippen LogP contribution in [0.1, 0.15) is 5.56 Å². The molecular weight excluding hydrogens is 288 g/mol. The molecule has 5 rings (SSSR count). The standard InChI is InChI=1S/C19H15N2O2/c1-12-10-14-17(11-15(12)21-9-5-8-20(21)2)23-19-18(14)13-6-3-4-7-16(13)22-19/h3-11H,1-2H3/q+1. The number of nitrogens with zero attached hydrogens (tertiary/aromatic N) is 2. The second-order valence-corrected chi connectivity index (χ2v) is 5.91. The summed E-state index contributed by atoms with van der Waals surface area (Å²) in [6.07, 6.45) is 4.06. The van der Waals surface area contributed by atoms with Crippen molar-refractivity contribution < 1.29 is 13.5 Å². The topological polar surface area (TPSA) is 35.1 Å². The number of aromatic nitrogens is 2. The van der Waals surface area contributed by atoms with Crippen LogP contribution in [0.15, 0.2) is 63.7 Å². The lowest BCUT2D eigenvalue weighted by molar-refractivity contribution is -0.744. The van der Waals surface area contributed by atoms with E-state index in [0.29, 0.717) is 5.78 Å². The molecule has 0 unspecified atom stereocenters. The third-order valence-electron chi connectivity index (χ3n) is 4.45. The lowest BCUT2D eigenvalue weighted by Gasteiger charge is -2.04. The zero-order valence-corrected chi connectivity index (χ0v) is 12.9. The van der Waals surface area contributed by atoms with E-state index in [0.717, 1.165) is 33.0 Å². The molecule has 0 fully saturated rings. The number of para-hydroxylation sites is 1. The van der Waals surface area contributed by atoms with Gasteiger partial charge in [-0.05, 0) is 24.6 Å². The van der Waals surface area contributed by atoms with Gasteiger partial charge < -0.3 is 8.83 Å². The normalized spacial score (nSPS) is 11.9. The van der Waals surface area contributed by atoms with Crippen molar-refractivity contribution in [3.8, 4) is 5.69 Å². The fraction of sp³-hybridized carbons (Fsp3) is 0.105. The van der Waals surface area contributed by atoms with Crippen molar-refractivity contribution in [3.05, 3.63) is 60.4 Å². The van der Waals surface area contributed by atoms with Crippen LogP contribution in [0, 0.1) is 6.92 Å². The Balaban J connectivity index is 1.89. The summed E-state index contributed by atoms with van der Waals surface area (Å²) in [6, 6.07) is 14.3. The minimum atomic E-state index is 0.592. The van der Waals surface area contributed by atoms with E-state index in [1.54, 1.807) is 0 Å². The van der Waals surface area contributed by atoms with Crippen LogP contribution in [0.3, 0.4) is 0 Å². The zero-order valence-electron chi connectivity index (χ0n) is 12.9. The molecule has 4 nitrogen and oxygen atoms in total. The van der Waals surface area contributed by atoms with Gasteiger partial charge in [0.05, 0.1) is 11.6 Å². The molecule has 112 valence electrons. The van der Waals surface area contributed by atoms with E-state index in [-0.39, 0.29) is 0 Å². The zero-order chi connectivity index (χ0) is 15.6. The number of furan rings is 2. The molecule has 2 aromatic carbocycles. The molecule has 0 saturated carbocycles. The van der Waals surface area contributed by atoms with E-state index in [1.165, 1.54) is 5.56 Å². The largest absolute Gasteiger partial charge is 0.425 e. The minimum absolute atomic E-state index is 0.592. The van der Waals surface area contributed by atoms with Crippen LogP contribution in [0.25, 0.3) is 38.8 Å². The molecule has 0 spiro atoms. The van der Waals surface area contributed by atoms with Gasteiger partial charge in [0.2, 0.25) is 0 Å². The molecule has 4 heteroatoms. The lowest BCUT2D eigenvalue weighted by Crippen LogP contribution is -2.36. The Morgan fingerprint density at radius 2 is 1.78 bits per heavy atom. The number of benzene rings is 2. The van der Waals surface area contributed by atoms with Gasteiger partial charge in [-0.1, -0.05) is 18.2 Å². The number of hydrogen-bond acceptors (Lipinski definition) is 2. The molecule has 0 saturated heterocycles. The molecule has 0 atom stereocenters. The highest BCUT2D eigenvalue weighted by Gasteiger charge is 2.18. The second-order valence-electron chi connectivity index (χ2n) is 5.91. The summed E-state index contributed by atoms with van der Waals surface area (Å²) < 4.78 is 16.0. The summed E-state index contributed by atoms with van der Waals surface area (Å²) in [6.45, 7) is 2.12. The highest BCUT2D eigenvalue weighted by atomic mass is 16.5. The van der Waals surface area contributed by atoms with Gasteiger partial charge in [-0.3, -0.25) is 0 Å². The predicted molar refractivity (Wildman–Crippen MR) is 88.7 cm³/mol. The average Bonchev–Trinajstić information content (AvgIpc) is 3.20. The first-order chi connectivity index (χ1) is 11.2. The molecule has 3 aromatic heterocycles. The van der Waals surface area contributed by atoms with E-state index < -0.39 is 0 Å². The van der Waals surface area contributed by atoms with Crippen molar-refractivity contribution in [2.75, 3.05) is 0 Å². The van der Waals surface area contributed by atoms with Crippen LogP contribution in [0.5, 0.6) is 0 Å². The number of aryl methyl sites for hydroxylation is 2. The van der Waals surface area contributed by atoms with Gasteiger partial charge in [0.15, 0.2) is 13.2 Å². The van der Waals surface area contributed by atoms with E-state index in [9.17, 15) is 0 Å². The van der Waals surface area contributed by atoms with E-state index in [2.05, 4.69) is 29.8 Å². The molecule has 0 N–H and O–H groups in total. The minimum Gasteiger partial charge on any atom is -0.425 e. The molecule has 0 aliphatic rings. The van der Waals surface area contributed by atoms with Crippen molar-refractivity contribution in [3.63, 3.8) is 0 Å². The highest BCUT2D eigenvalue weighted by molar-refractivity contribution is 6.17. The summed E-state index contributed by atoms with van der Waals surface area (Å²) >= 11 is 0. The van der Waals surface area contributed by atoms with E-state index >= 15 is 0 Å². The number of hydrogen-bond donors (Lipinski definition) is 0. The molecule has 0 aliphatic heterocycles. The summed E-state index contributed by atoms with van der Waals surface area (Å²) in [5.74, 6) is 0.592. The predicted octanol–water partition coefficient (Wildman–Crippen LogP) is 4.26. The van der Waals surface area contributed by atoms with Gasteiger partial charge in [0, 0.05) is 22.9 Å². The molecule has 3 heterocycles. The maximum atomic E-state index is 5.98. The summed E-state index contributed by atoms with van der Waals surface area (Å²) in [5.41, 5.74) is 4.00. The van der Waals surface area contributed by atoms with Crippen LogP contribution in [0.4, 0.5) is 0 Å². The summed E-state index contributed by atoms with van der Waals surface area (Å²) in [5, 5.41) is 3.25. The van der Waals surface area contributed by atoms with Crippen molar-refractivity contribution in [1.82, 2.24) is 4.68 Å². The van der Waals surface area contributed by atoms with E-state index in [4.69, 9.17) is 8.83 Å². The van der Waals surface area contributed by atoms with Gasteiger partial charge in [0.1, 0.15) is 16.9 Å². The Kier molecular flexibility index (Phi) is 2.32. The average molecular weight is 303 g/mol. The maximum Gasteiger partial charge on any atom is 0.299 e. The number of rotatable bonds is 1. The Bertz CT molecular complexity index is 1190. The Morgan fingerprint density at radius 3 is 2.61 bits per heavy atom. The van der Waals surface area contributed by atoms with Crippen LogP contribution >= 0.6 is 0 Å². The molecule has 0 aliphatic carbocycles. The number of fused-ring (bicyclic) bond motifs is 5. The highest BCUT2D eigenvalue weighted by Crippen LogP contribution is 2.38. The molecule has 5 aromatic rings. The van der Waals surface area contributed by atoms with Crippen molar-refractivity contribution in [1.29, 1.82) is 0 Å². The Labute approximate surface area is 132 Å². The summed E-state index contributed by atoms with van der Waals surface area (Å²) in [7, 11) is 2.02. The smallest absolute Gasteiger partial charge is 0.299 e. The first-order valence-corrected chi connectivity index (χ1v) is 7.60. The lowest BCUT2D eigenvalue weighted by atomic mass is 10.1. The second kappa shape index (κ2) is 4.26. The van der Waals surface area contributed by atoms with Gasteiger partial charge in [-0.25, -0.2) is 0 Å². The van der Waals surface area contributed by atoms with Gasteiger partial charge in [0.25, 0.3) is 5.78 Å². The van der Waals surface area contributed by atoms with Gasteiger partial charge >= 0.3 is 0 Å². The third kappa shape index (κ3) is 1.63. The first kappa shape index (κ1) is 12.5. The molecule has 23 heavy (non-hydrogen) atoms. The molecule has 0 amide bonds. The van der Waals surface area contributed by atoms with Crippen LogP contribution in [-0.2, 0) is 7.05 Å². The quantitative estimate of drug-likeness (QED) is 0.434. The van der Waals surface area contributed by atoms with Crippen LogP contribution in [0.2, 0.25) is 0 Å². The fourth-order valence-corrected chi connectivity index (χ4v) is 3.33. The van der Waals surface area contributed by atoms with Crippen LogP contribution in [-0.4, -0.2) is 4.68 Å². The van der Waals surface area contributed by atoms with Crippen molar-refractivity contribution in [2.24, 2.45) is 7.05 Å². The van der Waals surface area contributed by atoms with Gasteiger partial charge in [-0.15, -0.1) is 9.36 Å². The van der Waals surface area contributed by atoms with Crippen molar-refractivity contribution >= 4 is 33.1 Å². The Morgan fingerprint density at radius 1 is 0.957 bits per heavy atom. The third-order valence-corrected chi connectivity index (χ3v) is 4.45. The molecule has 0 bridgehead atoms. The summed E-state index contributed by atoms with van der Waals surface area (Å²) in [4.78, 5) is 0. The fourth-order valence-electron chi connectivity index (χ4n) is 3.33.